The lowest BCUT2D eigenvalue weighted by Gasteiger charge is -2.39. The first-order chi connectivity index (χ1) is 10.0. The Hall–Kier alpha value is -1.75. The van der Waals surface area contributed by atoms with E-state index in [1.165, 1.54) is 6.07 Å². The maximum Gasteiger partial charge on any atom is 0.239 e. The molecule has 0 radical (unpaired) electrons. The first-order valence-electron chi connectivity index (χ1n) is 7.52. The van der Waals surface area contributed by atoms with Gasteiger partial charge in [-0.3, -0.25) is 9.69 Å². The molecule has 1 aromatic rings. The minimum atomic E-state index is -0.115. The molecule has 1 fully saturated rings. The molecule has 2 rings (SSSR count). The van der Waals surface area contributed by atoms with Crippen molar-refractivity contribution >= 4 is 5.91 Å². The van der Waals surface area contributed by atoms with Gasteiger partial charge in [-0.15, -0.1) is 0 Å². The van der Waals surface area contributed by atoms with Crippen molar-refractivity contribution in [2.45, 2.75) is 38.8 Å². The summed E-state index contributed by atoms with van der Waals surface area (Å²) in [5.41, 5.74) is 0.907. The SMILES string of the molecule is CCCCC1C(=O)N(C)CCN1Cc1ccc(O)c(O)c1. The van der Waals surface area contributed by atoms with Crippen molar-refractivity contribution < 1.29 is 15.0 Å². The number of benzene rings is 1. The second kappa shape index (κ2) is 6.80. The van der Waals surface area contributed by atoms with Crippen LogP contribution in [-0.4, -0.2) is 52.1 Å². The predicted octanol–water partition coefficient (Wildman–Crippen LogP) is 1.93. The van der Waals surface area contributed by atoms with E-state index in [0.29, 0.717) is 6.54 Å². The predicted molar refractivity (Wildman–Crippen MR) is 81.1 cm³/mol. The van der Waals surface area contributed by atoms with Gasteiger partial charge in [-0.05, 0) is 24.1 Å². The molecule has 1 aromatic carbocycles. The first-order valence-corrected chi connectivity index (χ1v) is 7.52. The molecule has 2 N–H and O–H groups in total. The van der Waals surface area contributed by atoms with Crippen LogP contribution < -0.4 is 0 Å². The Kier molecular flexibility index (Phi) is 5.07. The fraction of sp³-hybridized carbons (Fsp3) is 0.562. The molecule has 0 bridgehead atoms. The molecule has 0 aromatic heterocycles. The van der Waals surface area contributed by atoms with E-state index in [0.717, 1.165) is 37.9 Å². The quantitative estimate of drug-likeness (QED) is 0.814. The molecule has 116 valence electrons. The summed E-state index contributed by atoms with van der Waals surface area (Å²) in [6, 6.07) is 4.76. The number of piperazine rings is 1. The van der Waals surface area contributed by atoms with Crippen LogP contribution in [0.1, 0.15) is 31.7 Å². The van der Waals surface area contributed by atoms with Crippen molar-refractivity contribution in [1.82, 2.24) is 9.80 Å². The average molecular weight is 292 g/mol. The van der Waals surface area contributed by atoms with Gasteiger partial charge in [-0.1, -0.05) is 25.8 Å². The Labute approximate surface area is 125 Å². The van der Waals surface area contributed by atoms with Crippen molar-refractivity contribution in [1.29, 1.82) is 0 Å². The first kappa shape index (κ1) is 15.6. The third-order valence-electron chi connectivity index (χ3n) is 4.08. The van der Waals surface area contributed by atoms with Gasteiger partial charge in [-0.2, -0.15) is 0 Å². The van der Waals surface area contributed by atoms with Crippen molar-refractivity contribution in [2.24, 2.45) is 0 Å². The van der Waals surface area contributed by atoms with Crippen LogP contribution in [0, 0.1) is 0 Å². The summed E-state index contributed by atoms with van der Waals surface area (Å²) in [5.74, 6) is -0.0495. The molecule has 1 aliphatic rings. The van der Waals surface area contributed by atoms with Gasteiger partial charge in [-0.25, -0.2) is 0 Å². The molecule has 5 nitrogen and oxygen atoms in total. The number of nitrogens with zero attached hydrogens (tertiary/aromatic N) is 2. The number of hydrogen-bond acceptors (Lipinski definition) is 4. The number of rotatable bonds is 5. The molecule has 5 heteroatoms. The van der Waals surface area contributed by atoms with Gasteiger partial charge in [0.15, 0.2) is 11.5 Å². The monoisotopic (exact) mass is 292 g/mol. The van der Waals surface area contributed by atoms with E-state index < -0.39 is 0 Å². The van der Waals surface area contributed by atoms with E-state index in [1.54, 1.807) is 17.0 Å². The Bertz CT molecular complexity index is 504. The molecule has 1 amide bonds. The molecule has 1 unspecified atom stereocenters. The van der Waals surface area contributed by atoms with Crippen molar-refractivity contribution in [2.75, 3.05) is 20.1 Å². The molecular formula is C16H24N2O3. The summed E-state index contributed by atoms with van der Waals surface area (Å²) in [7, 11) is 1.85. The smallest absolute Gasteiger partial charge is 0.239 e. The topological polar surface area (TPSA) is 64.0 Å². The number of carbonyl (C=O) groups is 1. The fourth-order valence-electron chi connectivity index (χ4n) is 2.75. The van der Waals surface area contributed by atoms with Gasteiger partial charge >= 0.3 is 0 Å². The Morgan fingerprint density at radius 2 is 2.00 bits per heavy atom. The van der Waals surface area contributed by atoms with E-state index in [1.807, 2.05) is 7.05 Å². The maximum absolute atomic E-state index is 12.3. The van der Waals surface area contributed by atoms with Crippen LogP contribution in [0.25, 0.3) is 0 Å². The largest absolute Gasteiger partial charge is 0.504 e. The number of phenolic OH excluding ortho intramolecular Hbond substituents is 2. The standard InChI is InChI=1S/C16H24N2O3/c1-3-4-5-13-16(21)17(2)8-9-18(13)11-12-6-7-14(19)15(20)10-12/h6-7,10,13,19-20H,3-5,8-9,11H2,1-2H3. The number of amides is 1. The van der Waals surface area contributed by atoms with Gasteiger partial charge in [0.2, 0.25) is 5.91 Å². The number of unbranched alkanes of at least 4 members (excludes halogenated alkanes) is 1. The van der Waals surface area contributed by atoms with Crippen molar-refractivity contribution in [3.63, 3.8) is 0 Å². The van der Waals surface area contributed by atoms with Gasteiger partial charge < -0.3 is 15.1 Å². The molecule has 21 heavy (non-hydrogen) atoms. The minimum Gasteiger partial charge on any atom is -0.504 e. The van der Waals surface area contributed by atoms with Crippen LogP contribution in [0.3, 0.4) is 0 Å². The zero-order valence-electron chi connectivity index (χ0n) is 12.7. The minimum absolute atomic E-state index is 0.0837. The Morgan fingerprint density at radius 3 is 2.67 bits per heavy atom. The highest BCUT2D eigenvalue weighted by Gasteiger charge is 2.32. The lowest BCUT2D eigenvalue weighted by atomic mass is 10.0. The van der Waals surface area contributed by atoms with E-state index in [9.17, 15) is 15.0 Å². The lowest BCUT2D eigenvalue weighted by molar-refractivity contribution is -0.140. The highest BCUT2D eigenvalue weighted by Crippen LogP contribution is 2.27. The third kappa shape index (κ3) is 3.67. The van der Waals surface area contributed by atoms with Gasteiger partial charge in [0.25, 0.3) is 0 Å². The van der Waals surface area contributed by atoms with Gasteiger partial charge in [0, 0.05) is 26.7 Å². The Balaban J connectivity index is 2.11. The molecule has 1 aliphatic heterocycles. The highest BCUT2D eigenvalue weighted by atomic mass is 16.3. The van der Waals surface area contributed by atoms with E-state index in [2.05, 4.69) is 11.8 Å². The van der Waals surface area contributed by atoms with Crippen LogP contribution in [0.4, 0.5) is 0 Å². The summed E-state index contributed by atoms with van der Waals surface area (Å²) in [5, 5.41) is 19.0. The summed E-state index contributed by atoms with van der Waals surface area (Å²) >= 11 is 0. The van der Waals surface area contributed by atoms with Gasteiger partial charge in [0.1, 0.15) is 0 Å². The van der Waals surface area contributed by atoms with Gasteiger partial charge in [0.05, 0.1) is 6.04 Å². The highest BCUT2D eigenvalue weighted by molar-refractivity contribution is 5.82. The molecule has 1 atom stereocenters. The summed E-state index contributed by atoms with van der Waals surface area (Å²) in [6.45, 7) is 4.30. The van der Waals surface area contributed by atoms with E-state index in [-0.39, 0.29) is 23.4 Å². The second-order valence-corrected chi connectivity index (χ2v) is 5.71. The number of carbonyl (C=O) groups excluding carboxylic acids is 1. The van der Waals surface area contributed by atoms with Crippen molar-refractivity contribution in [3.8, 4) is 11.5 Å². The molecule has 0 spiro atoms. The molecular weight excluding hydrogens is 268 g/mol. The van der Waals surface area contributed by atoms with Crippen LogP contribution in [0.5, 0.6) is 11.5 Å². The molecule has 1 heterocycles. The van der Waals surface area contributed by atoms with Crippen LogP contribution in [0.15, 0.2) is 18.2 Å². The number of likely N-dealkylation sites (N-methyl/N-ethyl adjacent to an activating group) is 1. The zero-order chi connectivity index (χ0) is 15.4. The van der Waals surface area contributed by atoms with E-state index >= 15 is 0 Å². The molecule has 1 saturated heterocycles. The van der Waals surface area contributed by atoms with Crippen molar-refractivity contribution in [3.05, 3.63) is 23.8 Å². The number of phenols is 2. The lowest BCUT2D eigenvalue weighted by Crippen LogP contribution is -2.55. The summed E-state index contributed by atoms with van der Waals surface area (Å²) in [4.78, 5) is 16.3. The van der Waals surface area contributed by atoms with E-state index in [4.69, 9.17) is 0 Å². The number of aromatic hydroxyl groups is 2. The summed E-state index contributed by atoms with van der Waals surface area (Å²) < 4.78 is 0. The molecule has 0 saturated carbocycles. The normalized spacial score (nSPS) is 20.0. The molecule has 0 aliphatic carbocycles. The maximum atomic E-state index is 12.3. The fourth-order valence-corrected chi connectivity index (χ4v) is 2.75. The van der Waals surface area contributed by atoms with Crippen LogP contribution in [-0.2, 0) is 11.3 Å². The van der Waals surface area contributed by atoms with Crippen LogP contribution in [0.2, 0.25) is 0 Å². The Morgan fingerprint density at radius 1 is 1.24 bits per heavy atom. The second-order valence-electron chi connectivity index (χ2n) is 5.71. The number of hydrogen-bond donors (Lipinski definition) is 2. The summed E-state index contributed by atoms with van der Waals surface area (Å²) in [6.07, 6.45) is 2.96. The third-order valence-corrected chi connectivity index (χ3v) is 4.08. The average Bonchev–Trinajstić information content (AvgIpc) is 2.46. The van der Waals surface area contributed by atoms with Crippen LogP contribution >= 0.6 is 0 Å². The zero-order valence-corrected chi connectivity index (χ0v) is 12.7.